The predicted molar refractivity (Wildman–Crippen MR) is 87.9 cm³/mol. The smallest absolute Gasteiger partial charge is 0.416 e. The van der Waals surface area contributed by atoms with Crippen LogP contribution in [0.3, 0.4) is 0 Å². The van der Waals surface area contributed by atoms with E-state index in [1.807, 2.05) is 0 Å². The molecule has 0 radical (unpaired) electrons. The van der Waals surface area contributed by atoms with Crippen molar-refractivity contribution >= 4 is 5.97 Å². The number of alkyl halides is 3. The fourth-order valence-corrected chi connectivity index (χ4v) is 3.12. The number of aliphatic hydroxyl groups excluding tert-OH is 3. The van der Waals surface area contributed by atoms with E-state index in [-0.39, 0.29) is 25.2 Å². The average molecular weight is 390 g/mol. The Bertz CT molecular complexity index is 675. The lowest BCUT2D eigenvalue weighted by Gasteiger charge is -2.19. The van der Waals surface area contributed by atoms with Gasteiger partial charge in [0.1, 0.15) is 18.5 Å². The first-order valence-corrected chi connectivity index (χ1v) is 8.32. The Balaban J connectivity index is 1.94. The van der Waals surface area contributed by atoms with Gasteiger partial charge in [-0.05, 0) is 18.2 Å². The van der Waals surface area contributed by atoms with E-state index in [0.717, 1.165) is 12.1 Å². The number of carboxylic acids is 1. The molecule has 1 aromatic rings. The number of benzene rings is 1. The highest BCUT2D eigenvalue weighted by Crippen LogP contribution is 2.36. The Labute approximate surface area is 153 Å². The molecule has 4 N–H and O–H groups in total. The summed E-state index contributed by atoms with van der Waals surface area (Å²) in [7, 11) is 0. The second-order valence-corrected chi connectivity index (χ2v) is 6.50. The van der Waals surface area contributed by atoms with E-state index in [1.54, 1.807) is 0 Å². The number of hydrogen-bond acceptors (Lipinski definition) is 5. The molecule has 0 aliphatic heterocycles. The topological polar surface area (TPSA) is 107 Å². The Kier molecular flexibility index (Phi) is 6.85. The number of aliphatic carboxylic acids is 1. The summed E-state index contributed by atoms with van der Waals surface area (Å²) in [5.74, 6) is -2.51. The molecule has 1 aromatic carbocycles. The minimum absolute atomic E-state index is 0.0315. The van der Waals surface area contributed by atoms with Crippen molar-refractivity contribution in [3.8, 4) is 5.75 Å². The number of rotatable bonds is 7. The summed E-state index contributed by atoms with van der Waals surface area (Å²) >= 11 is 0. The van der Waals surface area contributed by atoms with Gasteiger partial charge in [0.2, 0.25) is 0 Å². The van der Waals surface area contributed by atoms with Crippen LogP contribution in [0.15, 0.2) is 36.4 Å². The highest BCUT2D eigenvalue weighted by Gasteiger charge is 2.41. The molecule has 0 amide bonds. The van der Waals surface area contributed by atoms with Gasteiger partial charge < -0.3 is 25.2 Å². The third-order valence-electron chi connectivity index (χ3n) is 4.46. The van der Waals surface area contributed by atoms with Crippen molar-refractivity contribution in [2.24, 2.45) is 11.8 Å². The van der Waals surface area contributed by atoms with Crippen molar-refractivity contribution in [1.29, 1.82) is 0 Å². The van der Waals surface area contributed by atoms with E-state index >= 15 is 0 Å². The van der Waals surface area contributed by atoms with Gasteiger partial charge in [0, 0.05) is 18.3 Å². The van der Waals surface area contributed by atoms with Gasteiger partial charge in [0.05, 0.1) is 24.2 Å². The van der Waals surface area contributed by atoms with E-state index in [9.17, 15) is 33.3 Å². The van der Waals surface area contributed by atoms with Crippen LogP contribution in [0.25, 0.3) is 0 Å². The normalized spacial score (nSPS) is 27.0. The number of carboxylic acid groups (broad SMARTS) is 1. The van der Waals surface area contributed by atoms with Crippen LogP contribution in [0.1, 0.15) is 18.4 Å². The number of aliphatic hydroxyl groups is 3. The van der Waals surface area contributed by atoms with E-state index in [1.165, 1.54) is 24.3 Å². The summed E-state index contributed by atoms with van der Waals surface area (Å²) in [6.45, 7) is -0.327. The molecular weight excluding hydrogens is 369 g/mol. The van der Waals surface area contributed by atoms with E-state index in [0.29, 0.717) is 0 Å². The molecule has 0 spiro atoms. The predicted octanol–water partition coefficient (Wildman–Crippen LogP) is 1.83. The van der Waals surface area contributed by atoms with Crippen LogP contribution < -0.4 is 4.74 Å². The van der Waals surface area contributed by atoms with Crippen LogP contribution in [0.2, 0.25) is 0 Å². The molecule has 0 heterocycles. The lowest BCUT2D eigenvalue weighted by Crippen LogP contribution is -2.24. The van der Waals surface area contributed by atoms with Gasteiger partial charge in [0.15, 0.2) is 0 Å². The summed E-state index contributed by atoms with van der Waals surface area (Å²) in [5, 5.41) is 38.6. The molecule has 0 saturated heterocycles. The first-order valence-electron chi connectivity index (χ1n) is 8.32. The van der Waals surface area contributed by atoms with Crippen molar-refractivity contribution in [2.75, 3.05) is 6.61 Å². The van der Waals surface area contributed by atoms with E-state index < -0.39 is 47.9 Å². The zero-order chi connectivity index (χ0) is 20.2. The summed E-state index contributed by atoms with van der Waals surface area (Å²) < 4.78 is 43.1. The number of carbonyl (C=O) groups is 1. The van der Waals surface area contributed by atoms with Crippen LogP contribution in [-0.4, -0.2) is 51.3 Å². The molecule has 0 aromatic heterocycles. The van der Waals surface area contributed by atoms with Gasteiger partial charge in [-0.25, -0.2) is 0 Å². The first-order chi connectivity index (χ1) is 12.6. The molecule has 6 nitrogen and oxygen atoms in total. The number of hydrogen-bond donors (Lipinski definition) is 4. The third kappa shape index (κ3) is 5.95. The van der Waals surface area contributed by atoms with Gasteiger partial charge in [-0.3, -0.25) is 4.79 Å². The van der Waals surface area contributed by atoms with Crippen molar-refractivity contribution in [2.45, 2.75) is 37.3 Å². The Morgan fingerprint density at radius 2 is 2.00 bits per heavy atom. The number of halogens is 3. The van der Waals surface area contributed by atoms with E-state index in [4.69, 9.17) is 9.84 Å². The standard InChI is InChI=1S/C18H21F3O6/c19-18(20,21)10-2-1-3-12(6-10)27-9-11(22)4-5-13-14(7-17(25)26)16(24)8-15(13)23/h1-6,11,13-16,22-24H,7-9H2,(H,25,26)/t11-,13+,14+,15+,16-/m0/s1. The monoisotopic (exact) mass is 390 g/mol. The SMILES string of the molecule is O=C(O)C[C@@H]1[C@@H](C=C[C@H](O)COc2cccc(C(F)(F)F)c2)[C@H](O)C[C@@H]1O. The molecule has 2 rings (SSSR count). The fraction of sp³-hybridized carbons (Fsp3) is 0.500. The molecule has 1 aliphatic carbocycles. The lowest BCUT2D eigenvalue weighted by molar-refractivity contribution is -0.139. The fourth-order valence-electron chi connectivity index (χ4n) is 3.12. The van der Waals surface area contributed by atoms with E-state index in [2.05, 4.69) is 0 Å². The second-order valence-electron chi connectivity index (χ2n) is 6.50. The van der Waals surface area contributed by atoms with Crippen molar-refractivity contribution in [1.82, 2.24) is 0 Å². The second kappa shape index (κ2) is 8.73. The molecule has 0 bridgehead atoms. The first kappa shape index (κ1) is 21.2. The maximum atomic E-state index is 12.7. The van der Waals surface area contributed by atoms with Crippen molar-refractivity contribution in [3.63, 3.8) is 0 Å². The molecule has 150 valence electrons. The van der Waals surface area contributed by atoms with Crippen molar-refractivity contribution < 1.29 is 43.1 Å². The van der Waals surface area contributed by atoms with Gasteiger partial charge in [0.25, 0.3) is 0 Å². The molecular formula is C18H21F3O6. The zero-order valence-electron chi connectivity index (χ0n) is 14.2. The van der Waals surface area contributed by atoms with Crippen LogP contribution in [0.5, 0.6) is 5.75 Å². The average Bonchev–Trinajstić information content (AvgIpc) is 2.83. The van der Waals surface area contributed by atoms with Crippen LogP contribution in [0, 0.1) is 11.8 Å². The molecule has 0 unspecified atom stereocenters. The summed E-state index contributed by atoms with van der Waals surface area (Å²) in [4.78, 5) is 10.9. The molecule has 1 fully saturated rings. The minimum atomic E-state index is -4.50. The summed E-state index contributed by atoms with van der Waals surface area (Å²) in [6, 6.07) is 4.23. The molecule has 1 saturated carbocycles. The molecule has 1 aliphatic rings. The summed E-state index contributed by atoms with van der Waals surface area (Å²) in [5.41, 5.74) is -0.871. The van der Waals surface area contributed by atoms with Crippen LogP contribution in [-0.2, 0) is 11.0 Å². The van der Waals surface area contributed by atoms with Crippen molar-refractivity contribution in [3.05, 3.63) is 42.0 Å². The highest BCUT2D eigenvalue weighted by atomic mass is 19.4. The van der Waals surface area contributed by atoms with Crippen LogP contribution in [0.4, 0.5) is 13.2 Å². The van der Waals surface area contributed by atoms with Gasteiger partial charge >= 0.3 is 12.1 Å². The highest BCUT2D eigenvalue weighted by molar-refractivity contribution is 5.67. The summed E-state index contributed by atoms with van der Waals surface area (Å²) in [6.07, 6.45) is -5.22. The molecule has 9 heteroatoms. The maximum absolute atomic E-state index is 12.7. The molecule has 5 atom stereocenters. The maximum Gasteiger partial charge on any atom is 0.416 e. The Hall–Kier alpha value is -2.10. The minimum Gasteiger partial charge on any atom is -0.491 e. The lowest BCUT2D eigenvalue weighted by atomic mass is 9.90. The van der Waals surface area contributed by atoms with Gasteiger partial charge in [-0.2, -0.15) is 13.2 Å². The third-order valence-corrected chi connectivity index (χ3v) is 4.46. The number of ether oxygens (including phenoxy) is 1. The Morgan fingerprint density at radius 1 is 1.30 bits per heavy atom. The van der Waals surface area contributed by atoms with Gasteiger partial charge in [-0.1, -0.05) is 18.2 Å². The quantitative estimate of drug-likeness (QED) is 0.529. The largest absolute Gasteiger partial charge is 0.491 e. The molecule has 27 heavy (non-hydrogen) atoms. The van der Waals surface area contributed by atoms with Crippen LogP contribution >= 0.6 is 0 Å². The zero-order valence-corrected chi connectivity index (χ0v) is 14.2. The van der Waals surface area contributed by atoms with Gasteiger partial charge in [-0.15, -0.1) is 0 Å². The Morgan fingerprint density at radius 3 is 2.63 bits per heavy atom.